The second kappa shape index (κ2) is 7.14. The Morgan fingerprint density at radius 1 is 1.36 bits per heavy atom. The Balaban J connectivity index is 1.74. The van der Waals surface area contributed by atoms with E-state index >= 15 is 0 Å². The summed E-state index contributed by atoms with van der Waals surface area (Å²) in [5.74, 6) is 0.297. The van der Waals surface area contributed by atoms with E-state index in [0.717, 1.165) is 16.6 Å². The van der Waals surface area contributed by atoms with Gasteiger partial charge in [0.25, 0.3) is 5.56 Å². The highest BCUT2D eigenvalue weighted by atomic mass is 16.6. The summed E-state index contributed by atoms with van der Waals surface area (Å²) in [6.45, 7) is 4.76. The number of carbonyl (C=O) groups excluding carboxylic acids is 1. The van der Waals surface area contributed by atoms with E-state index in [1.54, 1.807) is 18.1 Å². The van der Waals surface area contributed by atoms with Gasteiger partial charge in [-0.3, -0.25) is 9.36 Å². The smallest absolute Gasteiger partial charge is 0.410 e. The molecule has 1 amide bonds. The van der Waals surface area contributed by atoms with Gasteiger partial charge < -0.3 is 19.9 Å². The van der Waals surface area contributed by atoms with E-state index < -0.39 is 0 Å². The molecule has 0 atom stereocenters. The fourth-order valence-electron chi connectivity index (χ4n) is 3.80. The summed E-state index contributed by atoms with van der Waals surface area (Å²) >= 11 is 0. The van der Waals surface area contributed by atoms with Crippen LogP contribution in [0.5, 0.6) is 0 Å². The molecule has 0 unspecified atom stereocenters. The SMILES string of the molecule is CNc1nc2cnc3[nH]ccc3c2n(C2CCN(C(=O)OC(C)C)CC2)c1=O. The van der Waals surface area contributed by atoms with Gasteiger partial charge in [0.2, 0.25) is 0 Å². The number of likely N-dealkylation sites (tertiary alicyclic amines) is 1. The standard InChI is InChI=1S/C19H24N6O3/c1-11(2)28-19(27)24-8-5-12(6-9-24)25-15-13-4-7-21-16(13)22-10-14(15)23-17(20-3)18(25)26/h4,7,10-12H,5-6,8-9H2,1-3H3,(H,20,23)(H,21,22). The van der Waals surface area contributed by atoms with Crippen LogP contribution in [0.2, 0.25) is 0 Å². The minimum atomic E-state index is -0.298. The third kappa shape index (κ3) is 3.06. The van der Waals surface area contributed by atoms with E-state index in [1.807, 2.05) is 30.7 Å². The maximum Gasteiger partial charge on any atom is 0.410 e. The van der Waals surface area contributed by atoms with Crippen LogP contribution in [0.25, 0.3) is 22.1 Å². The number of nitrogens with one attached hydrogen (secondary N) is 2. The third-order valence-corrected chi connectivity index (χ3v) is 5.09. The van der Waals surface area contributed by atoms with Gasteiger partial charge in [0, 0.05) is 37.8 Å². The predicted octanol–water partition coefficient (Wildman–Crippen LogP) is 2.50. The van der Waals surface area contributed by atoms with Crippen molar-refractivity contribution in [2.75, 3.05) is 25.5 Å². The van der Waals surface area contributed by atoms with Crippen molar-refractivity contribution in [1.82, 2.24) is 24.4 Å². The zero-order valence-corrected chi connectivity index (χ0v) is 16.2. The van der Waals surface area contributed by atoms with Crippen LogP contribution >= 0.6 is 0 Å². The lowest BCUT2D eigenvalue weighted by atomic mass is 10.0. The van der Waals surface area contributed by atoms with Gasteiger partial charge in [-0.1, -0.05) is 0 Å². The number of rotatable bonds is 3. The molecule has 0 aliphatic carbocycles. The average molecular weight is 384 g/mol. The van der Waals surface area contributed by atoms with E-state index in [9.17, 15) is 9.59 Å². The van der Waals surface area contributed by atoms with Gasteiger partial charge in [-0.2, -0.15) is 0 Å². The fourth-order valence-corrected chi connectivity index (χ4v) is 3.80. The van der Waals surface area contributed by atoms with E-state index in [4.69, 9.17) is 4.74 Å². The first-order chi connectivity index (χ1) is 13.5. The topological polar surface area (TPSA) is 105 Å². The van der Waals surface area contributed by atoms with Crippen molar-refractivity contribution >= 4 is 34.0 Å². The number of aromatic amines is 1. The lowest BCUT2D eigenvalue weighted by molar-refractivity contribution is 0.0661. The molecule has 0 radical (unpaired) electrons. The van der Waals surface area contributed by atoms with Crippen LogP contribution in [-0.4, -0.2) is 56.8 Å². The summed E-state index contributed by atoms with van der Waals surface area (Å²) in [6, 6.07) is 1.88. The number of carbonyl (C=O) groups is 1. The average Bonchev–Trinajstić information content (AvgIpc) is 3.16. The minimum absolute atomic E-state index is 0.0336. The van der Waals surface area contributed by atoms with Gasteiger partial charge >= 0.3 is 6.09 Å². The first-order valence-corrected chi connectivity index (χ1v) is 9.51. The molecular weight excluding hydrogens is 360 g/mol. The summed E-state index contributed by atoms with van der Waals surface area (Å²) in [7, 11) is 1.69. The molecule has 148 valence electrons. The molecule has 0 saturated carbocycles. The van der Waals surface area contributed by atoms with Crippen molar-refractivity contribution in [3.8, 4) is 0 Å². The number of H-pyrrole nitrogens is 1. The van der Waals surface area contributed by atoms with Gasteiger partial charge in [0.1, 0.15) is 11.2 Å². The quantitative estimate of drug-likeness (QED) is 0.719. The van der Waals surface area contributed by atoms with Crippen molar-refractivity contribution in [2.24, 2.45) is 0 Å². The van der Waals surface area contributed by atoms with Crippen LogP contribution in [0.1, 0.15) is 32.7 Å². The molecule has 9 heteroatoms. The summed E-state index contributed by atoms with van der Waals surface area (Å²) in [6.07, 6.45) is 4.38. The molecule has 0 bridgehead atoms. The summed E-state index contributed by atoms with van der Waals surface area (Å²) in [5, 5.41) is 3.76. The first kappa shape index (κ1) is 18.3. The van der Waals surface area contributed by atoms with Crippen molar-refractivity contribution < 1.29 is 9.53 Å². The zero-order valence-electron chi connectivity index (χ0n) is 16.2. The second-order valence-electron chi connectivity index (χ2n) is 7.27. The number of hydrogen-bond donors (Lipinski definition) is 2. The van der Waals surface area contributed by atoms with Gasteiger partial charge in [-0.25, -0.2) is 14.8 Å². The zero-order chi connectivity index (χ0) is 19.8. The highest BCUT2D eigenvalue weighted by Gasteiger charge is 2.28. The van der Waals surface area contributed by atoms with Gasteiger partial charge in [0.05, 0.1) is 17.8 Å². The molecule has 0 aromatic carbocycles. The normalized spacial score (nSPS) is 15.5. The fraction of sp³-hybridized carbons (Fsp3) is 0.474. The Hall–Kier alpha value is -3.10. The molecule has 3 aromatic heterocycles. The third-order valence-electron chi connectivity index (χ3n) is 5.09. The number of ether oxygens (including phenoxy) is 1. The lowest BCUT2D eigenvalue weighted by Crippen LogP contribution is -2.42. The van der Waals surface area contributed by atoms with Crippen LogP contribution in [0.3, 0.4) is 0 Å². The lowest BCUT2D eigenvalue weighted by Gasteiger charge is -2.33. The number of pyridine rings is 1. The summed E-state index contributed by atoms with van der Waals surface area (Å²) in [4.78, 5) is 39.0. The summed E-state index contributed by atoms with van der Waals surface area (Å²) in [5.41, 5.74) is 2.00. The van der Waals surface area contributed by atoms with Gasteiger partial charge in [0.15, 0.2) is 5.82 Å². The predicted molar refractivity (Wildman–Crippen MR) is 107 cm³/mol. The highest BCUT2D eigenvalue weighted by molar-refractivity contribution is 6.01. The molecule has 28 heavy (non-hydrogen) atoms. The Kier molecular flexibility index (Phi) is 4.66. The number of amides is 1. The van der Waals surface area contributed by atoms with Crippen LogP contribution in [0.4, 0.5) is 10.6 Å². The van der Waals surface area contributed by atoms with Crippen molar-refractivity contribution in [3.05, 3.63) is 28.8 Å². The molecule has 1 saturated heterocycles. The van der Waals surface area contributed by atoms with Crippen molar-refractivity contribution in [2.45, 2.75) is 38.8 Å². The van der Waals surface area contributed by atoms with E-state index in [1.165, 1.54) is 0 Å². The van der Waals surface area contributed by atoms with Gasteiger partial charge in [-0.15, -0.1) is 0 Å². The Labute approximate surface area is 161 Å². The first-order valence-electron chi connectivity index (χ1n) is 9.51. The Morgan fingerprint density at radius 3 is 2.79 bits per heavy atom. The number of nitrogens with zero attached hydrogens (tertiary/aromatic N) is 4. The summed E-state index contributed by atoms with van der Waals surface area (Å²) < 4.78 is 7.11. The Morgan fingerprint density at radius 2 is 2.11 bits per heavy atom. The molecule has 1 aliphatic heterocycles. The second-order valence-corrected chi connectivity index (χ2v) is 7.27. The van der Waals surface area contributed by atoms with Gasteiger partial charge in [-0.05, 0) is 32.8 Å². The van der Waals surface area contributed by atoms with Crippen LogP contribution in [-0.2, 0) is 4.74 Å². The molecular formula is C19H24N6O3. The molecule has 3 aromatic rings. The number of aromatic nitrogens is 4. The van der Waals surface area contributed by atoms with E-state index in [-0.39, 0.29) is 23.8 Å². The van der Waals surface area contributed by atoms with E-state index in [0.29, 0.717) is 37.3 Å². The number of hydrogen-bond acceptors (Lipinski definition) is 6. The molecule has 2 N–H and O–H groups in total. The molecule has 4 rings (SSSR count). The molecule has 0 spiro atoms. The number of piperidine rings is 1. The van der Waals surface area contributed by atoms with Crippen molar-refractivity contribution in [1.29, 1.82) is 0 Å². The minimum Gasteiger partial charge on any atom is -0.447 e. The number of fused-ring (bicyclic) bond motifs is 3. The molecule has 4 heterocycles. The highest BCUT2D eigenvalue weighted by Crippen LogP contribution is 2.29. The Bertz CT molecular complexity index is 1080. The molecule has 1 aliphatic rings. The van der Waals surface area contributed by atoms with E-state index in [2.05, 4.69) is 20.3 Å². The molecule has 1 fully saturated rings. The monoisotopic (exact) mass is 384 g/mol. The maximum atomic E-state index is 13.1. The van der Waals surface area contributed by atoms with Crippen LogP contribution in [0, 0.1) is 0 Å². The van der Waals surface area contributed by atoms with Crippen molar-refractivity contribution in [3.63, 3.8) is 0 Å². The molecule has 9 nitrogen and oxygen atoms in total. The largest absolute Gasteiger partial charge is 0.447 e. The maximum absolute atomic E-state index is 13.1. The van der Waals surface area contributed by atoms with Crippen LogP contribution in [0.15, 0.2) is 23.3 Å². The van der Waals surface area contributed by atoms with Crippen LogP contribution < -0.4 is 10.9 Å². The number of anilines is 1.